The van der Waals surface area contributed by atoms with Crippen LogP contribution < -0.4 is 4.90 Å². The maximum atomic E-state index is 14.1. The molecule has 7 heteroatoms. The third-order valence-electron chi connectivity index (χ3n) is 9.21. The lowest BCUT2D eigenvalue weighted by atomic mass is 9.59. The summed E-state index contributed by atoms with van der Waals surface area (Å²) in [5, 5.41) is 9.92. The van der Waals surface area contributed by atoms with Gasteiger partial charge in [-0.1, -0.05) is 54.1 Å². The minimum Gasteiger partial charge on any atom is -0.508 e. The summed E-state index contributed by atoms with van der Waals surface area (Å²) in [6.45, 7) is 1.62. The van der Waals surface area contributed by atoms with E-state index in [9.17, 15) is 29.1 Å². The summed E-state index contributed by atoms with van der Waals surface area (Å²) < 4.78 is 0. The quantitative estimate of drug-likeness (QED) is 0.199. The molecule has 0 bridgehead atoms. The SMILES string of the molecule is CC1=CC(=O)C2=C(C[C@@H]3C(=CC[C@@H]4C(=O)N(c5ccc(C(=O)c6ccccc6)cc5)C(=O)[C@@H]43)[C@@H]2c2ccc(O)cc2)C1=O. The number of amides is 2. The highest BCUT2D eigenvalue weighted by Gasteiger charge is 2.56. The number of benzene rings is 3. The normalized spacial score (nSPS) is 24.7. The molecular weight excluding hydrogens is 542 g/mol. The van der Waals surface area contributed by atoms with Crippen molar-refractivity contribution >= 4 is 34.9 Å². The molecule has 4 aliphatic rings. The van der Waals surface area contributed by atoms with Crippen LogP contribution in [0.1, 0.15) is 47.2 Å². The number of carbonyl (C=O) groups is 5. The highest BCUT2D eigenvalue weighted by molar-refractivity contribution is 6.25. The number of phenolic OH excluding ortho intramolecular Hbond substituents is 1. The van der Waals surface area contributed by atoms with Crippen LogP contribution in [0, 0.1) is 17.8 Å². The average molecular weight is 570 g/mol. The van der Waals surface area contributed by atoms with Gasteiger partial charge in [-0.2, -0.15) is 0 Å². The Morgan fingerprint density at radius 2 is 1.49 bits per heavy atom. The highest BCUT2D eigenvalue weighted by atomic mass is 16.3. The molecule has 1 aliphatic heterocycles. The number of rotatable bonds is 4. The Labute approximate surface area is 247 Å². The Kier molecular flexibility index (Phi) is 6.20. The number of aromatic hydroxyl groups is 1. The van der Waals surface area contributed by atoms with Crippen molar-refractivity contribution in [3.63, 3.8) is 0 Å². The Morgan fingerprint density at radius 1 is 0.814 bits per heavy atom. The summed E-state index contributed by atoms with van der Waals surface area (Å²) in [7, 11) is 0. The van der Waals surface area contributed by atoms with Crippen LogP contribution in [0.25, 0.3) is 0 Å². The van der Waals surface area contributed by atoms with Crippen molar-refractivity contribution in [2.45, 2.75) is 25.7 Å². The molecule has 212 valence electrons. The van der Waals surface area contributed by atoms with Gasteiger partial charge in [-0.3, -0.25) is 28.9 Å². The van der Waals surface area contributed by atoms with Gasteiger partial charge in [0.15, 0.2) is 17.3 Å². The maximum Gasteiger partial charge on any atom is 0.238 e. The smallest absolute Gasteiger partial charge is 0.238 e. The molecule has 0 saturated carbocycles. The lowest BCUT2D eigenvalue weighted by molar-refractivity contribution is -0.123. The first-order chi connectivity index (χ1) is 20.7. The van der Waals surface area contributed by atoms with E-state index in [1.165, 1.54) is 11.0 Å². The van der Waals surface area contributed by atoms with Gasteiger partial charge in [-0.05, 0) is 73.7 Å². The van der Waals surface area contributed by atoms with E-state index in [0.29, 0.717) is 40.0 Å². The first-order valence-electron chi connectivity index (χ1n) is 14.3. The zero-order valence-electron chi connectivity index (χ0n) is 23.3. The maximum absolute atomic E-state index is 14.1. The van der Waals surface area contributed by atoms with Gasteiger partial charge in [-0.15, -0.1) is 0 Å². The number of carbonyl (C=O) groups excluding carboxylic acids is 5. The second kappa shape index (κ2) is 9.98. The van der Waals surface area contributed by atoms with Crippen LogP contribution in [0.5, 0.6) is 5.75 Å². The minimum absolute atomic E-state index is 0.0773. The van der Waals surface area contributed by atoms with Crippen molar-refractivity contribution in [3.05, 3.63) is 130 Å². The fourth-order valence-electron chi connectivity index (χ4n) is 7.20. The molecule has 1 saturated heterocycles. The van der Waals surface area contributed by atoms with Crippen LogP contribution in [-0.2, 0) is 19.2 Å². The van der Waals surface area contributed by atoms with Gasteiger partial charge in [-0.25, -0.2) is 0 Å². The first kappa shape index (κ1) is 26.7. The average Bonchev–Trinajstić information content (AvgIpc) is 3.28. The van der Waals surface area contributed by atoms with Crippen molar-refractivity contribution in [2.24, 2.45) is 17.8 Å². The van der Waals surface area contributed by atoms with Crippen molar-refractivity contribution in [1.82, 2.24) is 0 Å². The number of ketones is 3. The summed E-state index contributed by atoms with van der Waals surface area (Å²) in [6.07, 6.45) is 3.87. The van der Waals surface area contributed by atoms with Gasteiger partial charge in [0.05, 0.1) is 17.5 Å². The molecule has 1 N–H and O–H groups in total. The standard InChI is InChI=1S/C36H27NO6/c1-19-17-29(39)32-28(33(19)40)18-27-25(30(32)20-9-13-24(38)14-10-20)15-16-26-31(27)36(43)37(35(26)42)23-11-7-22(8-12-23)34(41)21-5-3-2-4-6-21/h2-15,17,26-27,30-31,38H,16,18H2,1H3/t26-,27+,30-,31-/m0/s1. The van der Waals surface area contributed by atoms with E-state index in [-0.39, 0.29) is 41.3 Å². The number of Topliss-reactive ketones (excluding diaryl/α,β-unsaturated/α-hetero) is 1. The summed E-state index contributed by atoms with van der Waals surface area (Å²) in [4.78, 5) is 68.7. The monoisotopic (exact) mass is 569 g/mol. The van der Waals surface area contributed by atoms with Crippen LogP contribution in [0.15, 0.2) is 113 Å². The fraction of sp³-hybridized carbons (Fsp3) is 0.194. The highest BCUT2D eigenvalue weighted by Crippen LogP contribution is 2.55. The predicted octanol–water partition coefficient (Wildman–Crippen LogP) is 5.26. The zero-order valence-corrected chi connectivity index (χ0v) is 23.3. The van der Waals surface area contributed by atoms with E-state index < -0.39 is 23.7 Å². The summed E-state index contributed by atoms with van der Waals surface area (Å²) in [6, 6.07) is 21.9. The number of hydrogen-bond acceptors (Lipinski definition) is 6. The van der Waals surface area contributed by atoms with Crippen molar-refractivity contribution in [1.29, 1.82) is 0 Å². The van der Waals surface area contributed by atoms with Crippen molar-refractivity contribution in [2.75, 3.05) is 4.90 Å². The molecular formula is C36H27NO6. The summed E-state index contributed by atoms with van der Waals surface area (Å²) >= 11 is 0. The zero-order chi connectivity index (χ0) is 30.0. The van der Waals surface area contributed by atoms with E-state index in [2.05, 4.69) is 0 Å². The fourth-order valence-corrected chi connectivity index (χ4v) is 7.20. The molecule has 0 aromatic heterocycles. The number of imide groups is 1. The number of anilines is 1. The summed E-state index contributed by atoms with van der Waals surface area (Å²) in [5.74, 6) is -3.47. The van der Waals surface area contributed by atoms with E-state index in [1.807, 2.05) is 12.1 Å². The van der Waals surface area contributed by atoms with Gasteiger partial charge in [0.2, 0.25) is 11.8 Å². The third kappa shape index (κ3) is 4.14. The molecule has 2 amide bonds. The molecule has 3 aromatic carbocycles. The van der Waals surface area contributed by atoms with Gasteiger partial charge < -0.3 is 5.11 Å². The van der Waals surface area contributed by atoms with E-state index in [1.54, 1.807) is 79.7 Å². The minimum atomic E-state index is -0.694. The Hall–Kier alpha value is -5.17. The Balaban J connectivity index is 1.25. The molecule has 7 nitrogen and oxygen atoms in total. The van der Waals surface area contributed by atoms with Crippen LogP contribution in [0.2, 0.25) is 0 Å². The predicted molar refractivity (Wildman–Crippen MR) is 158 cm³/mol. The van der Waals surface area contributed by atoms with Gasteiger partial charge in [0.25, 0.3) is 0 Å². The second-order valence-electron chi connectivity index (χ2n) is 11.6. The number of phenols is 1. The second-order valence-corrected chi connectivity index (χ2v) is 11.6. The third-order valence-corrected chi connectivity index (χ3v) is 9.21. The van der Waals surface area contributed by atoms with Crippen molar-refractivity contribution < 1.29 is 29.1 Å². The van der Waals surface area contributed by atoms with Crippen LogP contribution in [0.4, 0.5) is 5.69 Å². The molecule has 1 fully saturated rings. The summed E-state index contributed by atoms with van der Waals surface area (Å²) in [5.41, 5.74) is 4.14. The first-order valence-corrected chi connectivity index (χ1v) is 14.3. The molecule has 1 heterocycles. The number of allylic oxidation sites excluding steroid dienone is 6. The lowest BCUT2D eigenvalue weighted by Gasteiger charge is -2.42. The van der Waals surface area contributed by atoms with Gasteiger partial charge >= 0.3 is 0 Å². The Morgan fingerprint density at radius 3 is 2.19 bits per heavy atom. The molecule has 4 atom stereocenters. The molecule has 0 radical (unpaired) electrons. The molecule has 7 rings (SSSR count). The van der Waals surface area contributed by atoms with Crippen molar-refractivity contribution in [3.8, 4) is 5.75 Å². The Bertz CT molecular complexity index is 1830. The van der Waals surface area contributed by atoms with Gasteiger partial charge in [0.1, 0.15) is 5.75 Å². The van der Waals surface area contributed by atoms with E-state index in [4.69, 9.17) is 0 Å². The molecule has 43 heavy (non-hydrogen) atoms. The number of fused-ring (bicyclic) bond motifs is 3. The molecule has 0 unspecified atom stereocenters. The van der Waals surface area contributed by atoms with Crippen LogP contribution >= 0.6 is 0 Å². The lowest BCUT2D eigenvalue weighted by Crippen LogP contribution is -2.39. The number of hydrogen-bond donors (Lipinski definition) is 1. The van der Waals surface area contributed by atoms with Gasteiger partial charge in [0, 0.05) is 33.8 Å². The van der Waals surface area contributed by atoms with Crippen LogP contribution in [-0.4, -0.2) is 34.3 Å². The largest absolute Gasteiger partial charge is 0.508 e. The number of nitrogens with zero attached hydrogens (tertiary/aromatic N) is 1. The molecule has 3 aromatic rings. The topological polar surface area (TPSA) is 109 Å². The van der Waals surface area contributed by atoms with Crippen LogP contribution in [0.3, 0.4) is 0 Å². The molecule has 0 spiro atoms. The van der Waals surface area contributed by atoms with E-state index in [0.717, 1.165) is 11.1 Å². The van der Waals surface area contributed by atoms with E-state index >= 15 is 0 Å². The molecule has 3 aliphatic carbocycles.